The Morgan fingerprint density at radius 1 is 1.45 bits per heavy atom. The first-order chi connectivity index (χ1) is 10.6. The zero-order chi connectivity index (χ0) is 15.7. The van der Waals surface area contributed by atoms with Crippen LogP contribution in [0.1, 0.15) is 22.7 Å². The summed E-state index contributed by atoms with van der Waals surface area (Å²) in [6.07, 6.45) is 2.52. The number of H-pyrrole nitrogens is 1. The molecule has 0 aliphatic carbocycles. The number of fused-ring (bicyclic) bond motifs is 1. The average Bonchev–Trinajstić information content (AvgIpc) is 2.51. The second-order valence-electron chi connectivity index (χ2n) is 5.23. The summed E-state index contributed by atoms with van der Waals surface area (Å²) in [5.41, 5.74) is 2.12. The van der Waals surface area contributed by atoms with E-state index in [9.17, 15) is 9.90 Å². The molecule has 0 amide bonds. The van der Waals surface area contributed by atoms with Crippen LogP contribution in [-0.4, -0.2) is 21.2 Å². The number of allylic oxidation sites excluding steroid dienone is 1. The molecule has 5 nitrogen and oxygen atoms in total. The minimum absolute atomic E-state index is 0.108. The second-order valence-corrected chi connectivity index (χ2v) is 5.62. The fourth-order valence-electron chi connectivity index (χ4n) is 2.90. The van der Waals surface area contributed by atoms with Crippen LogP contribution in [0.2, 0.25) is 0 Å². The summed E-state index contributed by atoms with van der Waals surface area (Å²) in [5.74, 6) is -0.108. The minimum Gasteiger partial charge on any atom is -0.494 e. The van der Waals surface area contributed by atoms with Gasteiger partial charge in [0.2, 0.25) is 5.88 Å². The molecule has 22 heavy (non-hydrogen) atoms. The van der Waals surface area contributed by atoms with Gasteiger partial charge in [0, 0.05) is 13.1 Å². The first kappa shape index (κ1) is 14.7. The van der Waals surface area contributed by atoms with Crippen molar-refractivity contribution in [3.63, 3.8) is 0 Å². The van der Waals surface area contributed by atoms with Crippen LogP contribution < -0.4 is 10.9 Å². The smallest absolute Gasteiger partial charge is 0.260 e. The molecular formula is C16H17N3O2S. The van der Waals surface area contributed by atoms with E-state index in [-0.39, 0.29) is 22.3 Å². The van der Waals surface area contributed by atoms with Crippen molar-refractivity contribution in [3.8, 4) is 5.88 Å². The topological polar surface area (TPSA) is 70.0 Å². The fraction of sp³-hybridized carbons (Fsp3) is 0.250. The molecular weight excluding hydrogens is 298 g/mol. The standard InChI is InChI=1S/C16H17N3O2S/c1-2-9-19-15(21)12(14(20)18-16(19)22)13-11-6-4-3-5-10(11)7-8-17-13/h2-6,13,17,21H,1,7-9H2,(H,18,20,22)/t13-/m1/s1. The first-order valence-electron chi connectivity index (χ1n) is 7.11. The van der Waals surface area contributed by atoms with Crippen LogP contribution >= 0.6 is 12.2 Å². The number of nitrogens with zero attached hydrogens (tertiary/aromatic N) is 1. The molecule has 0 radical (unpaired) electrons. The van der Waals surface area contributed by atoms with Gasteiger partial charge < -0.3 is 10.4 Å². The Kier molecular flexibility index (Phi) is 3.96. The number of hydrogen-bond acceptors (Lipinski definition) is 4. The largest absolute Gasteiger partial charge is 0.494 e. The maximum absolute atomic E-state index is 12.4. The van der Waals surface area contributed by atoms with Crippen LogP contribution in [0.4, 0.5) is 0 Å². The molecule has 0 bridgehead atoms. The molecule has 2 aromatic rings. The average molecular weight is 315 g/mol. The highest BCUT2D eigenvalue weighted by Gasteiger charge is 2.27. The number of aromatic nitrogens is 2. The van der Waals surface area contributed by atoms with Crippen molar-refractivity contribution in [1.29, 1.82) is 0 Å². The molecule has 3 N–H and O–H groups in total. The third kappa shape index (κ3) is 2.40. The van der Waals surface area contributed by atoms with Crippen LogP contribution in [0.5, 0.6) is 5.88 Å². The zero-order valence-corrected chi connectivity index (χ0v) is 12.8. The molecule has 1 atom stereocenters. The van der Waals surface area contributed by atoms with E-state index >= 15 is 0 Å². The van der Waals surface area contributed by atoms with Crippen LogP contribution in [0.15, 0.2) is 41.7 Å². The van der Waals surface area contributed by atoms with Crippen molar-refractivity contribution in [1.82, 2.24) is 14.9 Å². The summed E-state index contributed by atoms with van der Waals surface area (Å²) in [6, 6.07) is 7.59. The van der Waals surface area contributed by atoms with Crippen molar-refractivity contribution in [3.05, 3.63) is 68.7 Å². The highest BCUT2D eigenvalue weighted by molar-refractivity contribution is 7.71. The quantitative estimate of drug-likeness (QED) is 0.599. The number of hydrogen-bond donors (Lipinski definition) is 3. The van der Waals surface area contributed by atoms with Crippen LogP contribution in [0.3, 0.4) is 0 Å². The minimum atomic E-state index is -0.364. The molecule has 1 aliphatic rings. The fourth-order valence-corrected chi connectivity index (χ4v) is 3.15. The summed E-state index contributed by atoms with van der Waals surface area (Å²) < 4.78 is 1.66. The van der Waals surface area contributed by atoms with E-state index in [2.05, 4.69) is 16.9 Å². The Morgan fingerprint density at radius 2 is 2.23 bits per heavy atom. The van der Waals surface area contributed by atoms with E-state index in [4.69, 9.17) is 12.2 Å². The van der Waals surface area contributed by atoms with Gasteiger partial charge in [-0.05, 0) is 29.8 Å². The Labute approximate surface area is 132 Å². The number of aromatic hydroxyl groups is 1. The predicted molar refractivity (Wildman–Crippen MR) is 87.7 cm³/mol. The van der Waals surface area contributed by atoms with Gasteiger partial charge in [0.15, 0.2) is 4.77 Å². The lowest BCUT2D eigenvalue weighted by atomic mass is 9.91. The second kappa shape index (κ2) is 5.90. The molecule has 114 valence electrons. The van der Waals surface area contributed by atoms with Gasteiger partial charge in [-0.25, -0.2) is 0 Å². The number of rotatable bonds is 3. The zero-order valence-electron chi connectivity index (χ0n) is 12.0. The number of benzene rings is 1. The van der Waals surface area contributed by atoms with Crippen molar-refractivity contribution in [2.75, 3.05) is 6.54 Å². The van der Waals surface area contributed by atoms with E-state index in [0.717, 1.165) is 18.5 Å². The highest BCUT2D eigenvalue weighted by Crippen LogP contribution is 2.31. The molecule has 6 heteroatoms. The van der Waals surface area contributed by atoms with Crippen molar-refractivity contribution >= 4 is 12.2 Å². The maximum atomic E-state index is 12.4. The molecule has 2 heterocycles. The SMILES string of the molecule is C=CCn1c(O)c([C@@H]2NCCc3ccccc32)c(=O)[nH]c1=S. The Morgan fingerprint density at radius 3 is 3.00 bits per heavy atom. The third-order valence-electron chi connectivity index (χ3n) is 3.92. The summed E-state index contributed by atoms with van der Waals surface area (Å²) in [7, 11) is 0. The predicted octanol–water partition coefficient (Wildman–Crippen LogP) is 2.03. The molecule has 3 rings (SSSR count). The van der Waals surface area contributed by atoms with Gasteiger partial charge in [0.1, 0.15) is 0 Å². The lowest BCUT2D eigenvalue weighted by Crippen LogP contribution is -2.35. The van der Waals surface area contributed by atoms with Crippen molar-refractivity contribution in [2.45, 2.75) is 19.0 Å². The van der Waals surface area contributed by atoms with Gasteiger partial charge in [-0.3, -0.25) is 14.3 Å². The maximum Gasteiger partial charge on any atom is 0.260 e. The van der Waals surface area contributed by atoms with Gasteiger partial charge in [0.05, 0.1) is 11.6 Å². The number of nitrogens with one attached hydrogen (secondary N) is 2. The molecule has 0 spiro atoms. The lowest BCUT2D eigenvalue weighted by molar-refractivity contribution is 0.395. The molecule has 1 aromatic heterocycles. The summed E-state index contributed by atoms with van der Waals surface area (Å²) in [5, 5.41) is 13.9. The summed E-state index contributed by atoms with van der Waals surface area (Å²) in [6.45, 7) is 4.74. The summed E-state index contributed by atoms with van der Waals surface area (Å²) >= 11 is 5.11. The Bertz CT molecular complexity index is 838. The van der Waals surface area contributed by atoms with Gasteiger partial charge >= 0.3 is 0 Å². The van der Waals surface area contributed by atoms with Gasteiger partial charge in [-0.15, -0.1) is 6.58 Å². The van der Waals surface area contributed by atoms with E-state index in [1.807, 2.05) is 24.3 Å². The monoisotopic (exact) mass is 315 g/mol. The molecule has 0 saturated heterocycles. The van der Waals surface area contributed by atoms with Gasteiger partial charge in [-0.1, -0.05) is 30.3 Å². The lowest BCUT2D eigenvalue weighted by Gasteiger charge is -2.27. The van der Waals surface area contributed by atoms with Gasteiger partial charge in [-0.2, -0.15) is 0 Å². The Hall–Kier alpha value is -2.18. The normalized spacial score (nSPS) is 17.0. The van der Waals surface area contributed by atoms with E-state index < -0.39 is 0 Å². The molecule has 0 saturated carbocycles. The first-order valence-corrected chi connectivity index (χ1v) is 7.52. The highest BCUT2D eigenvalue weighted by atomic mass is 32.1. The van der Waals surface area contributed by atoms with Gasteiger partial charge in [0.25, 0.3) is 5.56 Å². The third-order valence-corrected chi connectivity index (χ3v) is 4.24. The molecule has 0 unspecified atom stereocenters. The van der Waals surface area contributed by atoms with E-state index in [1.165, 1.54) is 10.1 Å². The van der Waals surface area contributed by atoms with E-state index in [1.54, 1.807) is 6.08 Å². The molecule has 1 aromatic carbocycles. The Balaban J connectivity index is 2.22. The molecule has 0 fully saturated rings. The van der Waals surface area contributed by atoms with Crippen molar-refractivity contribution < 1.29 is 5.11 Å². The van der Waals surface area contributed by atoms with E-state index in [0.29, 0.717) is 12.1 Å². The molecule has 1 aliphatic heterocycles. The summed E-state index contributed by atoms with van der Waals surface area (Å²) in [4.78, 5) is 15.0. The van der Waals surface area contributed by atoms with Crippen LogP contribution in [0.25, 0.3) is 0 Å². The van der Waals surface area contributed by atoms with Crippen LogP contribution in [0, 0.1) is 4.77 Å². The van der Waals surface area contributed by atoms with Crippen LogP contribution in [-0.2, 0) is 13.0 Å². The number of aromatic amines is 1. The van der Waals surface area contributed by atoms with Crippen molar-refractivity contribution in [2.24, 2.45) is 0 Å².